The van der Waals surface area contributed by atoms with E-state index < -0.39 is 16.0 Å². The molecule has 1 amide bonds. The molecule has 10 heteroatoms. The van der Waals surface area contributed by atoms with E-state index in [0.29, 0.717) is 35.4 Å². The molecule has 0 unspecified atom stereocenters. The van der Waals surface area contributed by atoms with E-state index in [4.69, 9.17) is 4.74 Å². The largest absolute Gasteiger partial charge is 0.465 e. The number of rotatable bonds is 7. The van der Waals surface area contributed by atoms with Crippen molar-refractivity contribution < 1.29 is 27.1 Å². The Hall–Kier alpha value is -2.56. The first-order valence-corrected chi connectivity index (χ1v) is 13.1. The van der Waals surface area contributed by atoms with Crippen LogP contribution in [0, 0.1) is 5.82 Å². The number of amides is 1. The number of esters is 1. The summed E-state index contributed by atoms with van der Waals surface area (Å²) in [5, 5.41) is 0. The van der Waals surface area contributed by atoms with Crippen molar-refractivity contribution in [3.8, 4) is 0 Å². The normalized spacial score (nSPS) is 15.8. The van der Waals surface area contributed by atoms with E-state index in [-0.39, 0.29) is 34.6 Å². The molecule has 0 saturated carbocycles. The molecule has 0 bridgehead atoms. The molecule has 0 spiro atoms. The number of methoxy groups -OCH3 is 1. The Morgan fingerprint density at radius 2 is 2.09 bits per heavy atom. The third kappa shape index (κ3) is 5.02. The van der Waals surface area contributed by atoms with E-state index in [9.17, 15) is 22.4 Å². The summed E-state index contributed by atoms with van der Waals surface area (Å²) in [5.74, 6) is -1.12. The Kier molecular flexibility index (Phi) is 6.96. The highest BCUT2D eigenvalue weighted by atomic mass is 32.2. The van der Waals surface area contributed by atoms with Crippen molar-refractivity contribution in [3.63, 3.8) is 0 Å². The van der Waals surface area contributed by atoms with Crippen LogP contribution in [-0.4, -0.2) is 45.4 Å². The third-order valence-corrected chi connectivity index (χ3v) is 9.05. The number of allylic oxidation sites excluding steroid dienone is 1. The van der Waals surface area contributed by atoms with Crippen LogP contribution in [0.5, 0.6) is 0 Å². The summed E-state index contributed by atoms with van der Waals surface area (Å²) in [7, 11) is -2.80. The predicted molar refractivity (Wildman–Crippen MR) is 122 cm³/mol. The average Bonchev–Trinajstić information content (AvgIpc) is 3.46. The lowest BCUT2D eigenvalue weighted by Gasteiger charge is -2.27. The van der Waals surface area contributed by atoms with Gasteiger partial charge in [0.25, 0.3) is 10.0 Å². The van der Waals surface area contributed by atoms with Gasteiger partial charge in [0.15, 0.2) is 0 Å². The number of fused-ring (bicyclic) bond motifs is 1. The number of carbonyl (C=O) groups excluding carboxylic acids is 2. The van der Waals surface area contributed by atoms with Gasteiger partial charge in [-0.15, -0.1) is 11.3 Å². The summed E-state index contributed by atoms with van der Waals surface area (Å²) < 4.78 is 46.9. The molecule has 1 aliphatic heterocycles. The summed E-state index contributed by atoms with van der Waals surface area (Å²) in [4.78, 5) is 27.7. The van der Waals surface area contributed by atoms with Gasteiger partial charge in [-0.25, -0.2) is 22.3 Å². The topological polar surface area (TPSA) is 92.8 Å². The molecule has 1 aromatic heterocycles. The van der Waals surface area contributed by atoms with Gasteiger partial charge in [0, 0.05) is 23.5 Å². The molecule has 0 fully saturated rings. The van der Waals surface area contributed by atoms with Gasteiger partial charge in [-0.3, -0.25) is 4.79 Å². The molecule has 2 aromatic rings. The maximum Gasteiger partial charge on any atom is 0.340 e. The molecule has 2 aliphatic rings. The molecule has 0 atom stereocenters. The van der Waals surface area contributed by atoms with Gasteiger partial charge in [-0.2, -0.15) is 0 Å². The highest BCUT2D eigenvalue weighted by molar-refractivity contribution is 7.91. The number of ether oxygens (including phenoxy) is 1. The summed E-state index contributed by atoms with van der Waals surface area (Å²) in [6.45, 7) is 0.725. The third-order valence-electron chi connectivity index (χ3n) is 5.86. The van der Waals surface area contributed by atoms with Gasteiger partial charge < -0.3 is 9.64 Å². The maximum absolute atomic E-state index is 13.4. The van der Waals surface area contributed by atoms with Crippen LogP contribution in [0.2, 0.25) is 0 Å². The van der Waals surface area contributed by atoms with Crippen LogP contribution in [0.25, 0.3) is 0 Å². The molecule has 2 heterocycles. The van der Waals surface area contributed by atoms with E-state index in [1.807, 2.05) is 6.08 Å². The van der Waals surface area contributed by atoms with Crippen molar-refractivity contribution in [2.75, 3.05) is 20.2 Å². The van der Waals surface area contributed by atoms with Crippen LogP contribution in [-0.2, 0) is 38.9 Å². The Balaban J connectivity index is 1.56. The van der Waals surface area contributed by atoms with Gasteiger partial charge >= 0.3 is 5.97 Å². The molecular formula is C23H25FN2O5S2. The van der Waals surface area contributed by atoms with Crippen molar-refractivity contribution in [2.45, 2.75) is 42.9 Å². The Labute approximate surface area is 196 Å². The molecule has 7 nitrogen and oxygen atoms in total. The minimum atomic E-state index is -4.01. The van der Waals surface area contributed by atoms with Crippen LogP contribution in [0.15, 0.2) is 40.1 Å². The molecule has 4 rings (SSSR count). The number of sulfonamides is 1. The first kappa shape index (κ1) is 23.6. The van der Waals surface area contributed by atoms with Crippen LogP contribution < -0.4 is 4.72 Å². The molecule has 1 aliphatic carbocycles. The van der Waals surface area contributed by atoms with Crippen LogP contribution in [0.4, 0.5) is 4.39 Å². The summed E-state index contributed by atoms with van der Waals surface area (Å²) in [5.41, 5.74) is 2.13. The predicted octanol–water partition coefficient (Wildman–Crippen LogP) is 3.19. The minimum absolute atomic E-state index is 0.0243. The molecule has 1 aromatic carbocycles. The Morgan fingerprint density at radius 1 is 1.27 bits per heavy atom. The number of benzene rings is 1. The number of nitrogens with one attached hydrogen (secondary N) is 1. The van der Waals surface area contributed by atoms with Crippen molar-refractivity contribution in [2.24, 2.45) is 0 Å². The van der Waals surface area contributed by atoms with Gasteiger partial charge in [-0.1, -0.05) is 18.2 Å². The van der Waals surface area contributed by atoms with Crippen molar-refractivity contribution in [1.82, 2.24) is 9.62 Å². The molecular weight excluding hydrogens is 467 g/mol. The Bertz CT molecular complexity index is 1220. The monoisotopic (exact) mass is 492 g/mol. The second-order valence-electron chi connectivity index (χ2n) is 8.03. The maximum atomic E-state index is 13.4. The standard InChI is InChI=1S/C23H25FN2O5S2/c1-31-22(28)20-18-10-12-26(21(27)16-6-2-3-7-16)14-19(18)32-23(20)33(29,30)25-11-9-15-5-4-8-17(24)13-15/h4-6,8,13,25H,2-3,7,9-12,14H2,1H3. The van der Waals surface area contributed by atoms with Gasteiger partial charge in [-0.05, 0) is 55.4 Å². The lowest BCUT2D eigenvalue weighted by molar-refractivity contribution is -0.128. The lowest BCUT2D eigenvalue weighted by Crippen LogP contribution is -2.36. The zero-order chi connectivity index (χ0) is 23.6. The second kappa shape index (κ2) is 9.74. The summed E-state index contributed by atoms with van der Waals surface area (Å²) in [6.07, 6.45) is 5.27. The number of hydrogen-bond acceptors (Lipinski definition) is 6. The first-order valence-electron chi connectivity index (χ1n) is 10.8. The first-order chi connectivity index (χ1) is 15.8. The number of thiophene rings is 1. The summed E-state index contributed by atoms with van der Waals surface area (Å²) >= 11 is 1.00. The number of halogens is 1. The van der Waals surface area contributed by atoms with Crippen molar-refractivity contribution >= 4 is 33.2 Å². The fourth-order valence-electron chi connectivity index (χ4n) is 4.21. The van der Waals surface area contributed by atoms with Crippen molar-refractivity contribution in [1.29, 1.82) is 0 Å². The van der Waals surface area contributed by atoms with E-state index in [0.717, 1.165) is 36.2 Å². The van der Waals surface area contributed by atoms with E-state index >= 15 is 0 Å². The number of nitrogens with zero attached hydrogens (tertiary/aromatic N) is 1. The second-order valence-corrected chi connectivity index (χ2v) is 11.1. The summed E-state index contributed by atoms with van der Waals surface area (Å²) in [6, 6.07) is 5.95. The van der Waals surface area contributed by atoms with E-state index in [1.54, 1.807) is 17.0 Å². The SMILES string of the molecule is COC(=O)c1c(S(=O)(=O)NCCc2cccc(F)c2)sc2c1CCN(C(=O)C1=CCCC1)C2. The molecule has 176 valence electrons. The number of hydrogen-bond donors (Lipinski definition) is 1. The van der Waals surface area contributed by atoms with Crippen LogP contribution >= 0.6 is 11.3 Å². The van der Waals surface area contributed by atoms with Gasteiger partial charge in [0.05, 0.1) is 19.2 Å². The Morgan fingerprint density at radius 3 is 2.79 bits per heavy atom. The average molecular weight is 493 g/mol. The molecule has 33 heavy (non-hydrogen) atoms. The zero-order valence-corrected chi connectivity index (χ0v) is 19.9. The molecule has 0 saturated heterocycles. The highest BCUT2D eigenvalue weighted by Gasteiger charge is 2.35. The van der Waals surface area contributed by atoms with Gasteiger partial charge in [0.1, 0.15) is 10.0 Å². The molecule has 0 radical (unpaired) electrons. The van der Waals surface area contributed by atoms with Crippen LogP contribution in [0.3, 0.4) is 0 Å². The highest BCUT2D eigenvalue weighted by Crippen LogP contribution is 2.37. The smallest absolute Gasteiger partial charge is 0.340 e. The quantitative estimate of drug-likeness (QED) is 0.600. The molecule has 1 N–H and O–H groups in total. The zero-order valence-electron chi connectivity index (χ0n) is 18.2. The minimum Gasteiger partial charge on any atom is -0.465 e. The van der Waals surface area contributed by atoms with E-state index in [2.05, 4.69) is 4.72 Å². The van der Waals surface area contributed by atoms with Crippen LogP contribution in [0.1, 0.15) is 45.6 Å². The fourth-order valence-corrected chi connectivity index (χ4v) is 7.18. The van der Waals surface area contributed by atoms with Crippen molar-refractivity contribution in [3.05, 3.63) is 63.3 Å². The lowest BCUT2D eigenvalue weighted by atomic mass is 10.0. The van der Waals surface area contributed by atoms with E-state index in [1.165, 1.54) is 19.2 Å². The number of carbonyl (C=O) groups is 2. The fraction of sp³-hybridized carbons (Fsp3) is 0.391. The van der Waals surface area contributed by atoms with Gasteiger partial charge in [0.2, 0.25) is 5.91 Å².